The molecule has 94 valence electrons. The SMILES string of the molecule is CC(C(=O)O)=C(C)C12CCC(C1)C1CCCC12. The molecule has 4 unspecified atom stereocenters. The lowest BCUT2D eigenvalue weighted by Gasteiger charge is -2.37. The van der Waals surface area contributed by atoms with Crippen molar-refractivity contribution in [2.45, 2.75) is 52.4 Å². The zero-order chi connectivity index (χ0) is 12.2. The number of hydrogen-bond acceptors (Lipinski definition) is 1. The normalized spacial score (nSPS) is 44.7. The first-order valence-electron chi connectivity index (χ1n) is 6.97. The molecule has 0 heterocycles. The molecule has 0 saturated heterocycles. The Labute approximate surface area is 103 Å². The van der Waals surface area contributed by atoms with Crippen LogP contribution in [-0.4, -0.2) is 11.1 Å². The maximum atomic E-state index is 11.2. The van der Waals surface area contributed by atoms with Crippen molar-refractivity contribution in [1.29, 1.82) is 0 Å². The number of fused-ring (bicyclic) bond motifs is 5. The average molecular weight is 234 g/mol. The molecule has 17 heavy (non-hydrogen) atoms. The highest BCUT2D eigenvalue weighted by Crippen LogP contribution is 2.68. The Kier molecular flexibility index (Phi) is 2.39. The van der Waals surface area contributed by atoms with Crippen LogP contribution in [0.5, 0.6) is 0 Å². The maximum Gasteiger partial charge on any atom is 0.331 e. The van der Waals surface area contributed by atoms with E-state index >= 15 is 0 Å². The first-order chi connectivity index (χ1) is 8.06. The van der Waals surface area contributed by atoms with Crippen LogP contribution in [0, 0.1) is 23.2 Å². The number of allylic oxidation sites excluding steroid dienone is 1. The van der Waals surface area contributed by atoms with E-state index in [-0.39, 0.29) is 5.41 Å². The lowest BCUT2D eigenvalue weighted by molar-refractivity contribution is -0.132. The monoisotopic (exact) mass is 234 g/mol. The summed E-state index contributed by atoms with van der Waals surface area (Å²) in [5, 5.41) is 9.22. The van der Waals surface area contributed by atoms with Gasteiger partial charge < -0.3 is 5.11 Å². The summed E-state index contributed by atoms with van der Waals surface area (Å²) in [6.07, 6.45) is 7.97. The van der Waals surface area contributed by atoms with Crippen molar-refractivity contribution in [1.82, 2.24) is 0 Å². The Bertz CT molecular complexity index is 396. The fourth-order valence-corrected chi connectivity index (χ4v) is 5.21. The van der Waals surface area contributed by atoms with Crippen LogP contribution in [0.25, 0.3) is 0 Å². The van der Waals surface area contributed by atoms with Crippen molar-refractivity contribution >= 4 is 5.97 Å². The fraction of sp³-hybridized carbons (Fsp3) is 0.800. The molecule has 3 fully saturated rings. The van der Waals surface area contributed by atoms with Gasteiger partial charge in [0.05, 0.1) is 0 Å². The third-order valence-corrected chi connectivity index (χ3v) is 6.10. The van der Waals surface area contributed by atoms with Crippen molar-refractivity contribution < 1.29 is 9.90 Å². The van der Waals surface area contributed by atoms with E-state index in [1.165, 1.54) is 44.1 Å². The number of rotatable bonds is 2. The minimum atomic E-state index is -0.721. The second-order valence-corrected chi connectivity index (χ2v) is 6.42. The van der Waals surface area contributed by atoms with E-state index in [9.17, 15) is 9.90 Å². The highest BCUT2D eigenvalue weighted by atomic mass is 16.4. The molecule has 3 saturated carbocycles. The van der Waals surface area contributed by atoms with Crippen molar-refractivity contribution in [3.63, 3.8) is 0 Å². The molecular formula is C15H22O2. The molecule has 2 bridgehead atoms. The van der Waals surface area contributed by atoms with Gasteiger partial charge in [0.25, 0.3) is 0 Å². The summed E-state index contributed by atoms with van der Waals surface area (Å²) >= 11 is 0. The van der Waals surface area contributed by atoms with Crippen LogP contribution in [-0.2, 0) is 4.79 Å². The Morgan fingerprint density at radius 3 is 2.71 bits per heavy atom. The van der Waals surface area contributed by atoms with Crippen LogP contribution < -0.4 is 0 Å². The van der Waals surface area contributed by atoms with Gasteiger partial charge in [0.2, 0.25) is 0 Å². The van der Waals surface area contributed by atoms with E-state index in [1.807, 2.05) is 0 Å². The van der Waals surface area contributed by atoms with Gasteiger partial charge in [-0.1, -0.05) is 12.0 Å². The van der Waals surface area contributed by atoms with E-state index in [1.54, 1.807) is 6.92 Å². The number of aliphatic carboxylic acids is 1. The van der Waals surface area contributed by atoms with Crippen LogP contribution in [0.1, 0.15) is 52.4 Å². The minimum Gasteiger partial charge on any atom is -0.478 e. The Balaban J connectivity index is 2.01. The highest BCUT2D eigenvalue weighted by molar-refractivity contribution is 5.87. The predicted octanol–water partition coefficient (Wildman–Crippen LogP) is 3.62. The van der Waals surface area contributed by atoms with Gasteiger partial charge in [-0.15, -0.1) is 0 Å². The van der Waals surface area contributed by atoms with Gasteiger partial charge in [0.1, 0.15) is 0 Å². The van der Waals surface area contributed by atoms with E-state index in [0.717, 1.165) is 17.8 Å². The Hall–Kier alpha value is -0.790. The molecule has 0 aromatic heterocycles. The third-order valence-electron chi connectivity index (χ3n) is 6.10. The second-order valence-electron chi connectivity index (χ2n) is 6.42. The van der Waals surface area contributed by atoms with E-state index in [4.69, 9.17) is 0 Å². The standard InChI is InChI=1S/C15H22O2/c1-9(14(16)17)10(2)15-7-6-11(8-15)12-4-3-5-13(12)15/h11-13H,3-8H2,1-2H3,(H,16,17). The second kappa shape index (κ2) is 3.60. The highest BCUT2D eigenvalue weighted by Gasteiger charge is 2.59. The van der Waals surface area contributed by atoms with E-state index < -0.39 is 5.97 Å². The van der Waals surface area contributed by atoms with Crippen LogP contribution in [0.2, 0.25) is 0 Å². The zero-order valence-corrected chi connectivity index (χ0v) is 10.8. The van der Waals surface area contributed by atoms with E-state index in [0.29, 0.717) is 5.57 Å². The van der Waals surface area contributed by atoms with Gasteiger partial charge in [-0.3, -0.25) is 0 Å². The molecule has 3 aliphatic carbocycles. The molecular weight excluding hydrogens is 212 g/mol. The molecule has 0 amide bonds. The number of carboxylic acid groups (broad SMARTS) is 1. The summed E-state index contributed by atoms with van der Waals surface area (Å²) in [6.45, 7) is 3.88. The molecule has 0 aromatic carbocycles. The van der Waals surface area contributed by atoms with Crippen LogP contribution in [0.4, 0.5) is 0 Å². The summed E-state index contributed by atoms with van der Waals surface area (Å²) in [7, 11) is 0. The van der Waals surface area contributed by atoms with Gasteiger partial charge in [-0.25, -0.2) is 4.79 Å². The molecule has 0 radical (unpaired) electrons. The molecule has 0 aliphatic heterocycles. The minimum absolute atomic E-state index is 0.272. The number of carboxylic acids is 1. The topological polar surface area (TPSA) is 37.3 Å². The molecule has 3 rings (SSSR count). The van der Waals surface area contributed by atoms with Gasteiger partial charge >= 0.3 is 5.97 Å². The Morgan fingerprint density at radius 1 is 1.24 bits per heavy atom. The molecule has 3 aliphatic rings. The Morgan fingerprint density at radius 2 is 2.00 bits per heavy atom. The van der Waals surface area contributed by atoms with Crippen LogP contribution >= 0.6 is 0 Å². The van der Waals surface area contributed by atoms with Crippen LogP contribution in [0.15, 0.2) is 11.1 Å². The van der Waals surface area contributed by atoms with Gasteiger partial charge in [0, 0.05) is 5.57 Å². The fourth-order valence-electron chi connectivity index (χ4n) is 5.21. The van der Waals surface area contributed by atoms with Gasteiger partial charge in [-0.2, -0.15) is 0 Å². The summed E-state index contributed by atoms with van der Waals surface area (Å²) in [5.74, 6) is 1.90. The van der Waals surface area contributed by atoms with E-state index in [2.05, 4.69) is 6.92 Å². The largest absolute Gasteiger partial charge is 0.478 e. The lowest BCUT2D eigenvalue weighted by Crippen LogP contribution is -2.30. The quantitative estimate of drug-likeness (QED) is 0.741. The smallest absolute Gasteiger partial charge is 0.331 e. The first kappa shape index (κ1) is 11.3. The van der Waals surface area contributed by atoms with Gasteiger partial charge in [0.15, 0.2) is 0 Å². The van der Waals surface area contributed by atoms with Crippen molar-refractivity contribution in [3.05, 3.63) is 11.1 Å². The van der Waals surface area contributed by atoms with Crippen molar-refractivity contribution in [3.8, 4) is 0 Å². The average Bonchev–Trinajstić information content (AvgIpc) is 2.98. The van der Waals surface area contributed by atoms with Crippen LogP contribution in [0.3, 0.4) is 0 Å². The molecule has 2 nitrogen and oxygen atoms in total. The molecule has 0 aromatic rings. The molecule has 4 atom stereocenters. The first-order valence-corrected chi connectivity index (χ1v) is 6.97. The molecule has 0 spiro atoms. The summed E-state index contributed by atoms with van der Waals surface area (Å²) in [4.78, 5) is 11.2. The number of hydrogen-bond donors (Lipinski definition) is 1. The third kappa shape index (κ3) is 1.36. The molecule has 1 N–H and O–H groups in total. The predicted molar refractivity (Wildman–Crippen MR) is 66.6 cm³/mol. The zero-order valence-electron chi connectivity index (χ0n) is 10.8. The number of carbonyl (C=O) groups is 1. The van der Waals surface area contributed by atoms with Gasteiger partial charge in [-0.05, 0) is 69.1 Å². The lowest BCUT2D eigenvalue weighted by atomic mass is 9.67. The summed E-state index contributed by atoms with van der Waals surface area (Å²) < 4.78 is 0. The summed E-state index contributed by atoms with van der Waals surface area (Å²) in [5.41, 5.74) is 2.08. The van der Waals surface area contributed by atoms with Crippen molar-refractivity contribution in [2.75, 3.05) is 0 Å². The maximum absolute atomic E-state index is 11.2. The summed E-state index contributed by atoms with van der Waals surface area (Å²) in [6, 6.07) is 0. The molecule has 2 heteroatoms. The van der Waals surface area contributed by atoms with Crippen molar-refractivity contribution in [2.24, 2.45) is 23.2 Å².